The Morgan fingerprint density at radius 2 is 1.44 bits per heavy atom. The molecule has 2 aromatic carbocycles. The van der Waals surface area contributed by atoms with Gasteiger partial charge in [-0.05, 0) is 42.2 Å². The maximum Gasteiger partial charge on any atom is 0.270 e. The second kappa shape index (κ2) is 9.58. The minimum absolute atomic E-state index is 0.121. The summed E-state index contributed by atoms with van der Waals surface area (Å²) >= 11 is 0. The smallest absolute Gasteiger partial charge is 0.270 e. The van der Waals surface area contributed by atoms with Gasteiger partial charge in [0, 0.05) is 48.0 Å². The number of benzene rings is 2. The average molecular weight is 469 g/mol. The first kappa shape index (κ1) is 24.8. The van der Waals surface area contributed by atoms with Gasteiger partial charge in [-0.15, -0.1) is 0 Å². The molecule has 0 heterocycles. The molecule has 0 radical (unpaired) electrons. The predicted molar refractivity (Wildman–Crippen MR) is 126 cm³/mol. The van der Waals surface area contributed by atoms with Crippen molar-refractivity contribution in [2.24, 2.45) is 10.8 Å². The van der Waals surface area contributed by atoms with Crippen LogP contribution in [-0.4, -0.2) is 34.2 Å². The molecule has 2 amide bonds. The third-order valence-corrected chi connectivity index (χ3v) is 6.09. The van der Waals surface area contributed by atoms with Crippen LogP contribution in [0.3, 0.4) is 0 Å². The molecule has 2 unspecified atom stereocenters. The number of rotatable bonds is 7. The van der Waals surface area contributed by atoms with Crippen LogP contribution < -0.4 is 10.6 Å². The maximum atomic E-state index is 12.8. The number of carbonyl (C=O) groups is 2. The van der Waals surface area contributed by atoms with Crippen LogP contribution in [0.2, 0.25) is 0 Å². The van der Waals surface area contributed by atoms with Crippen molar-refractivity contribution in [3.8, 4) is 0 Å². The van der Waals surface area contributed by atoms with Gasteiger partial charge >= 0.3 is 0 Å². The van der Waals surface area contributed by atoms with Crippen LogP contribution in [0.5, 0.6) is 0 Å². The van der Waals surface area contributed by atoms with Crippen LogP contribution in [0.15, 0.2) is 48.5 Å². The first-order chi connectivity index (χ1) is 15.9. The van der Waals surface area contributed by atoms with Crippen molar-refractivity contribution in [3.05, 3.63) is 79.9 Å². The first-order valence-corrected chi connectivity index (χ1v) is 11.0. The molecule has 1 aliphatic rings. The standard InChI is InChI=1S/C24H28N4O6/c1-23(2)12-18(26-22(30)17-7-5-9-20(11-17)28(33)34)13-24(3,14-23)15-25-21(29)16-6-4-8-19(10-16)27(31)32/h4-11,18H,12-15H2,1-3H3,(H,25,29)(H,26,30). The van der Waals surface area contributed by atoms with Gasteiger partial charge in [-0.2, -0.15) is 0 Å². The molecule has 0 bridgehead atoms. The van der Waals surface area contributed by atoms with Crippen molar-refractivity contribution in [1.82, 2.24) is 10.6 Å². The van der Waals surface area contributed by atoms with Gasteiger partial charge in [0.25, 0.3) is 23.2 Å². The Bertz CT molecular complexity index is 1130. The fourth-order valence-corrected chi connectivity index (χ4v) is 5.06. The monoisotopic (exact) mass is 468 g/mol. The van der Waals surface area contributed by atoms with E-state index in [0.717, 1.165) is 12.8 Å². The number of amides is 2. The number of nitrogens with one attached hydrogen (secondary N) is 2. The summed E-state index contributed by atoms with van der Waals surface area (Å²) in [5, 5.41) is 27.9. The Labute approximate surface area is 197 Å². The van der Waals surface area contributed by atoms with Crippen molar-refractivity contribution in [3.63, 3.8) is 0 Å². The third-order valence-electron chi connectivity index (χ3n) is 6.09. The van der Waals surface area contributed by atoms with E-state index in [2.05, 4.69) is 24.5 Å². The average Bonchev–Trinajstić information content (AvgIpc) is 2.76. The second-order valence-corrected chi connectivity index (χ2v) is 10.0. The number of hydrogen-bond acceptors (Lipinski definition) is 6. The van der Waals surface area contributed by atoms with Crippen molar-refractivity contribution in [2.75, 3.05) is 6.54 Å². The summed E-state index contributed by atoms with van der Waals surface area (Å²) in [5.41, 5.74) is -0.323. The highest BCUT2D eigenvalue weighted by Crippen LogP contribution is 2.45. The van der Waals surface area contributed by atoms with Gasteiger partial charge in [0.1, 0.15) is 0 Å². The highest BCUT2D eigenvalue weighted by Gasteiger charge is 2.42. The molecule has 2 aromatic rings. The lowest BCUT2D eigenvalue weighted by molar-refractivity contribution is -0.385. The molecule has 0 saturated heterocycles. The Hall–Kier alpha value is -3.82. The Balaban J connectivity index is 1.69. The highest BCUT2D eigenvalue weighted by atomic mass is 16.6. The molecule has 2 atom stereocenters. The van der Waals surface area contributed by atoms with Crippen molar-refractivity contribution in [1.29, 1.82) is 0 Å². The van der Waals surface area contributed by atoms with E-state index in [-0.39, 0.29) is 45.3 Å². The number of nitro benzene ring substituents is 2. The molecule has 1 saturated carbocycles. The van der Waals surface area contributed by atoms with Gasteiger partial charge < -0.3 is 10.6 Å². The van der Waals surface area contributed by atoms with E-state index in [1.165, 1.54) is 48.5 Å². The summed E-state index contributed by atoms with van der Waals surface area (Å²) in [6.45, 7) is 6.56. The SMILES string of the molecule is CC1(C)CC(NC(=O)c2cccc([N+](=O)[O-])c2)CC(C)(CNC(=O)c2cccc([N+](=O)[O-])c2)C1. The summed E-state index contributed by atoms with van der Waals surface area (Å²) in [4.78, 5) is 46.4. The number of hydrogen-bond donors (Lipinski definition) is 2. The maximum absolute atomic E-state index is 12.8. The van der Waals surface area contributed by atoms with E-state index in [9.17, 15) is 29.8 Å². The molecule has 10 nitrogen and oxygen atoms in total. The first-order valence-electron chi connectivity index (χ1n) is 11.0. The van der Waals surface area contributed by atoms with E-state index in [4.69, 9.17) is 0 Å². The van der Waals surface area contributed by atoms with E-state index in [1.54, 1.807) is 0 Å². The summed E-state index contributed by atoms with van der Waals surface area (Å²) in [7, 11) is 0. The number of carbonyl (C=O) groups excluding carboxylic acids is 2. The highest BCUT2D eigenvalue weighted by molar-refractivity contribution is 5.95. The van der Waals surface area contributed by atoms with Crippen LogP contribution in [0, 0.1) is 31.1 Å². The van der Waals surface area contributed by atoms with Crippen LogP contribution in [-0.2, 0) is 0 Å². The zero-order valence-corrected chi connectivity index (χ0v) is 19.4. The lowest BCUT2D eigenvalue weighted by atomic mass is 9.62. The molecule has 34 heavy (non-hydrogen) atoms. The molecule has 1 aliphatic carbocycles. The van der Waals surface area contributed by atoms with Crippen molar-refractivity contribution in [2.45, 2.75) is 46.1 Å². The Morgan fingerprint density at radius 1 is 0.912 bits per heavy atom. The Kier molecular flexibility index (Phi) is 6.99. The number of nitrogens with zero attached hydrogens (tertiary/aromatic N) is 2. The van der Waals surface area contributed by atoms with Crippen LogP contribution >= 0.6 is 0 Å². The number of nitro groups is 2. The van der Waals surface area contributed by atoms with E-state index in [0.29, 0.717) is 13.0 Å². The van der Waals surface area contributed by atoms with E-state index >= 15 is 0 Å². The van der Waals surface area contributed by atoms with Gasteiger partial charge in [-0.25, -0.2) is 0 Å². The molecule has 0 spiro atoms. The number of non-ortho nitro benzene ring substituents is 2. The Morgan fingerprint density at radius 3 is 1.97 bits per heavy atom. The van der Waals surface area contributed by atoms with Gasteiger partial charge in [-0.3, -0.25) is 29.8 Å². The molecule has 2 N–H and O–H groups in total. The van der Waals surface area contributed by atoms with Crippen molar-refractivity contribution >= 4 is 23.2 Å². The topological polar surface area (TPSA) is 144 Å². The lowest BCUT2D eigenvalue weighted by Crippen LogP contribution is -2.50. The molecule has 1 fully saturated rings. The van der Waals surface area contributed by atoms with Crippen LogP contribution in [0.25, 0.3) is 0 Å². The predicted octanol–water partition coefficient (Wildman–Crippen LogP) is 4.25. The van der Waals surface area contributed by atoms with E-state index in [1.807, 2.05) is 6.92 Å². The minimum atomic E-state index is -0.545. The van der Waals surface area contributed by atoms with Gasteiger partial charge in [-0.1, -0.05) is 32.9 Å². The zero-order chi connectivity index (χ0) is 25.1. The van der Waals surface area contributed by atoms with Gasteiger partial charge in [0.05, 0.1) is 9.85 Å². The zero-order valence-electron chi connectivity index (χ0n) is 19.4. The molecule has 0 aromatic heterocycles. The minimum Gasteiger partial charge on any atom is -0.351 e. The second-order valence-electron chi connectivity index (χ2n) is 10.0. The summed E-state index contributed by atoms with van der Waals surface area (Å²) in [6, 6.07) is 11.0. The summed E-state index contributed by atoms with van der Waals surface area (Å²) in [5.74, 6) is -0.778. The summed E-state index contributed by atoms with van der Waals surface area (Å²) < 4.78 is 0. The van der Waals surface area contributed by atoms with Crippen molar-refractivity contribution < 1.29 is 19.4 Å². The molecule has 3 rings (SSSR count). The third kappa shape index (κ3) is 6.15. The van der Waals surface area contributed by atoms with E-state index < -0.39 is 15.8 Å². The van der Waals surface area contributed by atoms with Gasteiger partial charge in [0.15, 0.2) is 0 Å². The normalized spacial score (nSPS) is 21.3. The molecule has 180 valence electrons. The lowest BCUT2D eigenvalue weighted by Gasteiger charge is -2.47. The molecule has 10 heteroatoms. The fraction of sp³-hybridized carbons (Fsp3) is 0.417. The van der Waals surface area contributed by atoms with Crippen LogP contribution in [0.4, 0.5) is 11.4 Å². The van der Waals surface area contributed by atoms with Crippen LogP contribution in [0.1, 0.15) is 60.7 Å². The quantitative estimate of drug-likeness (QED) is 0.459. The summed E-state index contributed by atoms with van der Waals surface area (Å²) in [6.07, 6.45) is 2.13. The fourth-order valence-electron chi connectivity index (χ4n) is 5.06. The van der Waals surface area contributed by atoms with Gasteiger partial charge in [0.2, 0.25) is 0 Å². The molecule has 0 aliphatic heterocycles. The molecular formula is C24H28N4O6. The largest absolute Gasteiger partial charge is 0.351 e. The molecular weight excluding hydrogens is 440 g/mol.